The number of nitrogens with one attached hydrogen (secondary N) is 2. The van der Waals surface area contributed by atoms with E-state index in [4.69, 9.17) is 5.11 Å². The smallest absolute Gasteiger partial charge is 0.261 e. The van der Waals surface area contributed by atoms with Gasteiger partial charge in [-0.25, -0.2) is 0 Å². The number of imide groups is 1. The molecule has 0 radical (unpaired) electrons. The Morgan fingerprint density at radius 3 is 2.69 bits per heavy atom. The van der Waals surface area contributed by atoms with Crippen LogP contribution in [0.4, 0.5) is 0 Å². The molecule has 0 bridgehead atoms. The Kier molecular flexibility index (Phi) is 4.90. The van der Waals surface area contributed by atoms with E-state index in [1.165, 1.54) is 23.1 Å². The summed E-state index contributed by atoms with van der Waals surface area (Å²) in [4.78, 5) is 42.2. The lowest BCUT2D eigenvalue weighted by atomic mass is 10.1. The normalized spacial score (nSPS) is 14.3. The van der Waals surface area contributed by atoms with Gasteiger partial charge in [-0.05, 0) is 43.2 Å². The number of aliphatic hydroxyl groups excluding tert-OH is 1. The zero-order valence-corrected chi connectivity index (χ0v) is 15.9. The highest BCUT2D eigenvalue weighted by molar-refractivity contribution is 6.22. The number of amides is 3. The molecule has 0 saturated heterocycles. The molecule has 3 amide bonds. The van der Waals surface area contributed by atoms with Crippen LogP contribution in [-0.4, -0.2) is 51.9 Å². The molecule has 0 unspecified atom stereocenters. The van der Waals surface area contributed by atoms with Crippen molar-refractivity contribution in [1.82, 2.24) is 15.2 Å². The van der Waals surface area contributed by atoms with Gasteiger partial charge < -0.3 is 15.4 Å². The SMILES string of the molecule is C[C@H](CO)NC(=O)c1ccc2c(c1)C(=O)N(CCc1c[nH]c3ccccc13)C2=O. The number of aromatic amines is 1. The summed E-state index contributed by atoms with van der Waals surface area (Å²) >= 11 is 0. The molecular formula is C22H21N3O4. The van der Waals surface area contributed by atoms with Gasteiger partial charge in [-0.1, -0.05) is 18.2 Å². The standard InChI is InChI=1S/C22H21N3O4/c1-13(12-26)24-20(27)14-6-7-17-18(10-14)22(29)25(21(17)28)9-8-15-11-23-19-5-3-2-4-16(15)19/h2-7,10-11,13,23,26H,8-9,12H2,1H3,(H,24,27)/t13-/m1/s1. The summed E-state index contributed by atoms with van der Waals surface area (Å²) in [5.41, 5.74) is 2.87. The van der Waals surface area contributed by atoms with E-state index in [9.17, 15) is 14.4 Å². The van der Waals surface area contributed by atoms with Gasteiger partial charge in [0, 0.05) is 35.2 Å². The molecule has 1 aliphatic heterocycles. The van der Waals surface area contributed by atoms with Crippen LogP contribution in [0, 0.1) is 0 Å². The minimum Gasteiger partial charge on any atom is -0.394 e. The Hall–Kier alpha value is -3.45. The first-order chi connectivity index (χ1) is 14.0. The van der Waals surface area contributed by atoms with Crippen LogP contribution in [0.5, 0.6) is 0 Å². The molecule has 0 aliphatic carbocycles. The fraction of sp³-hybridized carbons (Fsp3) is 0.227. The summed E-state index contributed by atoms with van der Waals surface area (Å²) in [6.07, 6.45) is 2.43. The van der Waals surface area contributed by atoms with E-state index in [1.807, 2.05) is 30.5 Å². The maximum Gasteiger partial charge on any atom is 0.261 e. The maximum atomic E-state index is 12.8. The predicted molar refractivity (Wildman–Crippen MR) is 108 cm³/mol. The van der Waals surface area contributed by atoms with Crippen molar-refractivity contribution in [1.29, 1.82) is 0 Å². The molecule has 148 valence electrons. The Morgan fingerprint density at radius 2 is 1.90 bits per heavy atom. The minimum absolute atomic E-state index is 0.185. The molecule has 2 heterocycles. The van der Waals surface area contributed by atoms with Gasteiger partial charge >= 0.3 is 0 Å². The summed E-state index contributed by atoms with van der Waals surface area (Å²) < 4.78 is 0. The van der Waals surface area contributed by atoms with Crippen molar-refractivity contribution in [3.8, 4) is 0 Å². The van der Waals surface area contributed by atoms with Crippen molar-refractivity contribution >= 4 is 28.6 Å². The first-order valence-electron chi connectivity index (χ1n) is 9.46. The van der Waals surface area contributed by atoms with Gasteiger partial charge in [0.05, 0.1) is 17.7 Å². The molecular weight excluding hydrogens is 370 g/mol. The fourth-order valence-electron chi connectivity index (χ4n) is 3.56. The molecule has 0 spiro atoms. The highest BCUT2D eigenvalue weighted by Gasteiger charge is 2.35. The number of hydrogen-bond acceptors (Lipinski definition) is 4. The third-order valence-electron chi connectivity index (χ3n) is 5.16. The largest absolute Gasteiger partial charge is 0.394 e. The van der Waals surface area contributed by atoms with Gasteiger partial charge in [-0.3, -0.25) is 19.3 Å². The van der Waals surface area contributed by atoms with Crippen LogP contribution in [0.25, 0.3) is 10.9 Å². The molecule has 4 rings (SSSR count). The van der Waals surface area contributed by atoms with Crippen molar-refractivity contribution < 1.29 is 19.5 Å². The highest BCUT2D eigenvalue weighted by atomic mass is 16.3. The number of aliphatic hydroxyl groups is 1. The monoisotopic (exact) mass is 391 g/mol. The van der Waals surface area contributed by atoms with E-state index in [0.29, 0.717) is 12.0 Å². The van der Waals surface area contributed by atoms with E-state index < -0.39 is 17.9 Å². The molecule has 7 heteroatoms. The molecule has 7 nitrogen and oxygen atoms in total. The Labute approximate surface area is 167 Å². The zero-order valence-electron chi connectivity index (χ0n) is 15.9. The van der Waals surface area contributed by atoms with Crippen LogP contribution in [0.15, 0.2) is 48.7 Å². The van der Waals surface area contributed by atoms with Gasteiger partial charge in [0.1, 0.15) is 0 Å². The van der Waals surface area contributed by atoms with Crippen molar-refractivity contribution in [2.24, 2.45) is 0 Å². The van der Waals surface area contributed by atoms with Gasteiger partial charge in [0.15, 0.2) is 0 Å². The van der Waals surface area contributed by atoms with Crippen molar-refractivity contribution in [2.75, 3.05) is 13.2 Å². The average molecular weight is 391 g/mol. The average Bonchev–Trinajstić information content (AvgIpc) is 3.25. The van der Waals surface area contributed by atoms with Gasteiger partial charge in [0.2, 0.25) is 0 Å². The lowest BCUT2D eigenvalue weighted by molar-refractivity contribution is 0.0656. The molecule has 3 aromatic rings. The summed E-state index contributed by atoms with van der Waals surface area (Å²) in [7, 11) is 0. The lowest BCUT2D eigenvalue weighted by Gasteiger charge is -2.13. The Morgan fingerprint density at radius 1 is 1.14 bits per heavy atom. The molecule has 1 aliphatic rings. The number of carbonyl (C=O) groups excluding carboxylic acids is 3. The second kappa shape index (κ2) is 7.52. The van der Waals surface area contributed by atoms with Crippen molar-refractivity contribution in [3.05, 3.63) is 70.9 Å². The van der Waals surface area contributed by atoms with Gasteiger partial charge in [0.25, 0.3) is 17.7 Å². The summed E-state index contributed by atoms with van der Waals surface area (Å²) in [6.45, 7) is 1.75. The first kappa shape index (κ1) is 18.9. The Balaban J connectivity index is 1.52. The number of carbonyl (C=O) groups is 3. The summed E-state index contributed by atoms with van der Waals surface area (Å²) in [5, 5.41) is 12.8. The number of aromatic nitrogens is 1. The highest BCUT2D eigenvalue weighted by Crippen LogP contribution is 2.25. The number of benzene rings is 2. The molecule has 0 fully saturated rings. The summed E-state index contributed by atoms with van der Waals surface area (Å²) in [5.74, 6) is -1.14. The molecule has 1 aromatic heterocycles. The first-order valence-corrected chi connectivity index (χ1v) is 9.46. The van der Waals surface area contributed by atoms with Crippen LogP contribution in [-0.2, 0) is 6.42 Å². The topological polar surface area (TPSA) is 102 Å². The van der Waals surface area contributed by atoms with E-state index in [1.54, 1.807) is 6.92 Å². The van der Waals surface area contributed by atoms with E-state index >= 15 is 0 Å². The van der Waals surface area contributed by atoms with E-state index in [-0.39, 0.29) is 30.2 Å². The summed E-state index contributed by atoms with van der Waals surface area (Å²) in [6, 6.07) is 12.0. The number of nitrogens with zero attached hydrogens (tertiary/aromatic N) is 1. The number of fused-ring (bicyclic) bond motifs is 2. The minimum atomic E-state index is -0.402. The number of hydrogen-bond donors (Lipinski definition) is 3. The number of H-pyrrole nitrogens is 1. The third-order valence-corrected chi connectivity index (χ3v) is 5.16. The second-order valence-corrected chi connectivity index (χ2v) is 7.19. The van der Waals surface area contributed by atoms with Gasteiger partial charge in [-0.15, -0.1) is 0 Å². The molecule has 1 atom stereocenters. The van der Waals surface area contributed by atoms with Gasteiger partial charge in [-0.2, -0.15) is 0 Å². The van der Waals surface area contributed by atoms with Crippen molar-refractivity contribution in [2.45, 2.75) is 19.4 Å². The number of rotatable bonds is 6. The maximum absolute atomic E-state index is 12.8. The van der Waals surface area contributed by atoms with E-state index in [0.717, 1.165) is 16.5 Å². The fourth-order valence-corrected chi connectivity index (χ4v) is 3.56. The van der Waals surface area contributed by atoms with Crippen LogP contribution in [0.3, 0.4) is 0 Å². The Bertz CT molecular complexity index is 1120. The molecule has 3 N–H and O–H groups in total. The third kappa shape index (κ3) is 3.40. The van der Waals surface area contributed by atoms with E-state index in [2.05, 4.69) is 10.3 Å². The predicted octanol–water partition coefficient (Wildman–Crippen LogP) is 2.12. The van der Waals surface area contributed by atoms with Crippen LogP contribution < -0.4 is 5.32 Å². The van der Waals surface area contributed by atoms with Crippen molar-refractivity contribution in [3.63, 3.8) is 0 Å². The van der Waals surface area contributed by atoms with Crippen LogP contribution in [0.1, 0.15) is 43.6 Å². The molecule has 2 aromatic carbocycles. The molecule has 0 saturated carbocycles. The lowest BCUT2D eigenvalue weighted by Crippen LogP contribution is -2.35. The zero-order chi connectivity index (χ0) is 20.5. The quantitative estimate of drug-likeness (QED) is 0.560. The van der Waals surface area contributed by atoms with Crippen LogP contribution >= 0.6 is 0 Å². The second-order valence-electron chi connectivity index (χ2n) is 7.19. The van der Waals surface area contributed by atoms with Crippen LogP contribution in [0.2, 0.25) is 0 Å². The molecule has 29 heavy (non-hydrogen) atoms. The number of para-hydroxylation sites is 1.